The summed E-state index contributed by atoms with van der Waals surface area (Å²) < 4.78 is 43.1. The second-order valence-corrected chi connectivity index (χ2v) is 12.2. The number of imidazole rings is 1. The van der Waals surface area contributed by atoms with Gasteiger partial charge in [-0.25, -0.2) is 9.97 Å². The van der Waals surface area contributed by atoms with E-state index in [-0.39, 0.29) is 17.4 Å². The van der Waals surface area contributed by atoms with E-state index in [1.807, 2.05) is 27.6 Å². The molecule has 0 spiro atoms. The van der Waals surface area contributed by atoms with Gasteiger partial charge in [-0.3, -0.25) is 9.20 Å². The largest absolute Gasteiger partial charge is 0.397 e. The van der Waals surface area contributed by atoms with E-state index in [4.69, 9.17) is 10.7 Å². The van der Waals surface area contributed by atoms with Gasteiger partial charge in [0, 0.05) is 42.9 Å². The van der Waals surface area contributed by atoms with Crippen molar-refractivity contribution in [3.63, 3.8) is 0 Å². The summed E-state index contributed by atoms with van der Waals surface area (Å²) in [6, 6.07) is 13.5. The highest BCUT2D eigenvalue weighted by Crippen LogP contribution is 2.42. The van der Waals surface area contributed by atoms with E-state index in [0.717, 1.165) is 44.5 Å². The van der Waals surface area contributed by atoms with Crippen LogP contribution in [0.1, 0.15) is 74.9 Å². The molecule has 2 aliphatic rings. The number of rotatable bonds is 5. The lowest BCUT2D eigenvalue weighted by molar-refractivity contribution is -0.180. The summed E-state index contributed by atoms with van der Waals surface area (Å²) in [5.74, 6) is 1.41. The number of halogens is 3. The Labute approximate surface area is 242 Å². The normalized spacial score (nSPS) is 21.0. The molecular formula is C32H34F3N5O2. The predicted octanol–water partition coefficient (Wildman–Crippen LogP) is 5.94. The molecule has 2 saturated heterocycles. The Bertz CT molecular complexity index is 1660. The lowest BCUT2D eigenvalue weighted by Crippen LogP contribution is -2.41. The highest BCUT2D eigenvalue weighted by atomic mass is 19.4. The number of piperidine rings is 1. The zero-order valence-electron chi connectivity index (χ0n) is 23.8. The van der Waals surface area contributed by atoms with Crippen LogP contribution in [0.2, 0.25) is 0 Å². The van der Waals surface area contributed by atoms with Crippen molar-refractivity contribution < 1.29 is 23.1 Å². The number of anilines is 1. The number of alkyl halides is 3. The highest BCUT2D eigenvalue weighted by molar-refractivity contribution is 5.85. The van der Waals surface area contributed by atoms with Crippen LogP contribution in [0.25, 0.3) is 16.8 Å². The van der Waals surface area contributed by atoms with Gasteiger partial charge in [0.25, 0.3) is 0 Å². The number of nitrogens with zero attached hydrogens (tertiary/aromatic N) is 4. The third-order valence-electron chi connectivity index (χ3n) is 9.27. The lowest BCUT2D eigenvalue weighted by atomic mass is 9.80. The second kappa shape index (κ2) is 9.83. The number of carbonyl (C=O) groups excluding carboxylic acids is 1. The molecule has 42 heavy (non-hydrogen) atoms. The number of carbonyl (C=O) groups is 1. The van der Waals surface area contributed by atoms with Crippen LogP contribution in [0, 0.1) is 0 Å². The molecule has 0 saturated carbocycles. The maximum absolute atomic E-state index is 13.7. The molecule has 0 aliphatic carbocycles. The molecule has 2 aromatic heterocycles. The molecule has 2 aliphatic heterocycles. The molecule has 3 atom stereocenters. The average molecular weight is 578 g/mol. The summed E-state index contributed by atoms with van der Waals surface area (Å²) in [5.41, 5.74) is 5.77. The molecule has 1 unspecified atom stereocenters. The van der Waals surface area contributed by atoms with Gasteiger partial charge >= 0.3 is 6.18 Å². The van der Waals surface area contributed by atoms with E-state index in [2.05, 4.69) is 4.98 Å². The molecule has 0 radical (unpaired) electrons. The number of nitrogens with two attached hydrogens (primary N) is 1. The second-order valence-electron chi connectivity index (χ2n) is 12.2. The van der Waals surface area contributed by atoms with Gasteiger partial charge in [-0.2, -0.15) is 13.2 Å². The van der Waals surface area contributed by atoms with E-state index in [1.165, 1.54) is 12.1 Å². The number of aliphatic hydroxyl groups is 1. The average Bonchev–Trinajstić information content (AvgIpc) is 3.54. The number of nitrogen functional groups attached to an aromatic ring is 1. The summed E-state index contributed by atoms with van der Waals surface area (Å²) in [7, 11) is 0. The van der Waals surface area contributed by atoms with Gasteiger partial charge in [0.05, 0.1) is 5.41 Å². The Hall–Kier alpha value is -3.92. The van der Waals surface area contributed by atoms with Crippen molar-refractivity contribution >= 4 is 17.2 Å². The molecule has 0 bridgehead atoms. The molecule has 4 heterocycles. The van der Waals surface area contributed by atoms with Crippen LogP contribution in [0.5, 0.6) is 0 Å². The monoisotopic (exact) mass is 577 g/mol. The summed E-state index contributed by atoms with van der Waals surface area (Å²) in [4.78, 5) is 23.8. The highest BCUT2D eigenvalue weighted by Gasteiger charge is 2.48. The Morgan fingerprint density at radius 1 is 0.976 bits per heavy atom. The molecule has 2 fully saturated rings. The van der Waals surface area contributed by atoms with E-state index < -0.39 is 17.2 Å². The first-order valence-electron chi connectivity index (χ1n) is 14.2. The molecular weight excluding hydrogens is 543 g/mol. The van der Waals surface area contributed by atoms with Crippen LogP contribution in [0.15, 0.2) is 60.9 Å². The number of benzene rings is 2. The molecule has 220 valence electrons. The van der Waals surface area contributed by atoms with Gasteiger partial charge < -0.3 is 15.7 Å². The predicted molar refractivity (Wildman–Crippen MR) is 154 cm³/mol. The minimum Gasteiger partial charge on any atom is -0.382 e. The molecule has 3 N–H and O–H groups in total. The van der Waals surface area contributed by atoms with E-state index in [9.17, 15) is 23.1 Å². The van der Waals surface area contributed by atoms with Gasteiger partial charge in [-0.15, -0.1) is 0 Å². The van der Waals surface area contributed by atoms with E-state index >= 15 is 0 Å². The number of aromatic nitrogens is 3. The summed E-state index contributed by atoms with van der Waals surface area (Å²) in [6.45, 7) is 4.46. The smallest absolute Gasteiger partial charge is 0.382 e. The van der Waals surface area contributed by atoms with Gasteiger partial charge in [0.2, 0.25) is 5.91 Å². The molecule has 4 aromatic rings. The van der Waals surface area contributed by atoms with Crippen molar-refractivity contribution in [3.8, 4) is 11.3 Å². The minimum atomic E-state index is -4.44. The Kier molecular flexibility index (Phi) is 6.60. The van der Waals surface area contributed by atoms with Crippen molar-refractivity contribution in [1.82, 2.24) is 19.3 Å². The summed E-state index contributed by atoms with van der Waals surface area (Å²) in [5, 5.41) is 11.5. The fraction of sp³-hybridized carbons (Fsp3) is 0.406. The third-order valence-corrected chi connectivity index (χ3v) is 9.27. The van der Waals surface area contributed by atoms with Gasteiger partial charge in [0.15, 0.2) is 0 Å². The van der Waals surface area contributed by atoms with Crippen molar-refractivity contribution in [1.29, 1.82) is 0 Å². The van der Waals surface area contributed by atoms with Crippen LogP contribution in [0.3, 0.4) is 0 Å². The van der Waals surface area contributed by atoms with E-state index in [0.29, 0.717) is 47.2 Å². The Morgan fingerprint density at radius 3 is 2.40 bits per heavy atom. The van der Waals surface area contributed by atoms with Crippen molar-refractivity contribution in [2.75, 3.05) is 12.3 Å². The van der Waals surface area contributed by atoms with Crippen molar-refractivity contribution in [3.05, 3.63) is 83.4 Å². The van der Waals surface area contributed by atoms with Crippen LogP contribution in [0.4, 0.5) is 19.0 Å². The number of hydrogen-bond acceptors (Lipinski definition) is 5. The zero-order chi connectivity index (χ0) is 30.0. The minimum absolute atomic E-state index is 0.0552. The molecule has 1 amide bonds. The van der Waals surface area contributed by atoms with Crippen LogP contribution >= 0.6 is 0 Å². The first-order chi connectivity index (χ1) is 19.8. The third kappa shape index (κ3) is 4.52. The quantitative estimate of drug-likeness (QED) is 0.306. The molecule has 7 nitrogen and oxygen atoms in total. The summed E-state index contributed by atoms with van der Waals surface area (Å²) in [6.07, 6.45) is 2.40. The SMILES string of the molecule is CC(O)(c1ccc(-c2nc([C@@H]3CC[C@H]4CCC(=O)N4C3)n3ccnc(N)c23)cc1)c1cccc(C(C)(C)C(F)(F)F)c1. The maximum Gasteiger partial charge on any atom is 0.397 e. The first kappa shape index (κ1) is 28.2. The fourth-order valence-electron chi connectivity index (χ4n) is 6.35. The maximum atomic E-state index is 13.7. The number of fused-ring (bicyclic) bond motifs is 2. The van der Waals surface area contributed by atoms with Gasteiger partial charge in [0.1, 0.15) is 28.5 Å². The molecule has 2 aromatic carbocycles. The van der Waals surface area contributed by atoms with Crippen LogP contribution in [-0.4, -0.2) is 49.0 Å². The number of amides is 1. The van der Waals surface area contributed by atoms with Gasteiger partial charge in [-0.1, -0.05) is 48.5 Å². The zero-order valence-corrected chi connectivity index (χ0v) is 23.8. The molecule has 10 heteroatoms. The van der Waals surface area contributed by atoms with Crippen molar-refractivity contribution in [2.45, 2.75) is 75.6 Å². The lowest BCUT2D eigenvalue weighted by Gasteiger charge is -2.34. The fourth-order valence-corrected chi connectivity index (χ4v) is 6.35. The molecule has 6 rings (SSSR count). The number of hydrogen-bond donors (Lipinski definition) is 2. The van der Waals surface area contributed by atoms with Crippen molar-refractivity contribution in [2.24, 2.45) is 0 Å². The Balaban J connectivity index is 1.34. The van der Waals surface area contributed by atoms with Crippen LogP contribution < -0.4 is 5.73 Å². The topological polar surface area (TPSA) is 96.8 Å². The first-order valence-corrected chi connectivity index (χ1v) is 14.2. The van der Waals surface area contributed by atoms with Gasteiger partial charge in [-0.05, 0) is 56.7 Å². The standard InChI is InChI=1S/C32H34F3N5O2/c1-30(2,32(33,34)35)22-5-4-6-23(17-22)31(3,42)21-10-7-19(8-11-21)26-27-28(36)37-15-16-39(27)29(38-26)20-9-12-24-13-14-25(41)40(24)18-20/h4-8,10-11,15-17,20,24,42H,9,12-14,18H2,1-3H3,(H2,36,37)/t20-,24+,31?/m1/s1. The summed E-state index contributed by atoms with van der Waals surface area (Å²) >= 11 is 0. The Morgan fingerprint density at radius 2 is 1.69 bits per heavy atom. The van der Waals surface area contributed by atoms with Crippen LogP contribution in [-0.2, 0) is 15.8 Å². The van der Waals surface area contributed by atoms with E-state index in [1.54, 1.807) is 37.4 Å².